The number of carboxylic acids is 1. The van der Waals surface area contributed by atoms with Crippen molar-refractivity contribution in [3.63, 3.8) is 0 Å². The van der Waals surface area contributed by atoms with E-state index in [1.807, 2.05) is 18.9 Å². The van der Waals surface area contributed by atoms with Crippen LogP contribution in [0.25, 0.3) is 0 Å². The maximum absolute atomic E-state index is 10.8. The Balaban J connectivity index is 3.99. The second kappa shape index (κ2) is 6.05. The van der Waals surface area contributed by atoms with Gasteiger partial charge in [0.1, 0.15) is 5.54 Å². The molecule has 0 aromatic carbocycles. The number of nitrogens with zero attached hydrogens (tertiary/aromatic N) is 1. The van der Waals surface area contributed by atoms with Crippen molar-refractivity contribution in [2.24, 2.45) is 5.73 Å². The zero-order valence-electron chi connectivity index (χ0n) is 9.99. The number of aliphatic carboxylic acids is 1. The number of methoxy groups -OCH3 is 1. The molecule has 0 heterocycles. The first-order valence-corrected chi connectivity index (χ1v) is 5.02. The van der Waals surface area contributed by atoms with E-state index in [-0.39, 0.29) is 6.04 Å². The van der Waals surface area contributed by atoms with E-state index < -0.39 is 11.5 Å². The van der Waals surface area contributed by atoms with E-state index in [0.717, 1.165) is 0 Å². The van der Waals surface area contributed by atoms with Crippen LogP contribution in [-0.4, -0.2) is 54.9 Å². The van der Waals surface area contributed by atoms with Gasteiger partial charge in [-0.15, -0.1) is 0 Å². The number of hydrogen-bond donors (Lipinski definition) is 2. The van der Waals surface area contributed by atoms with E-state index in [1.54, 1.807) is 7.11 Å². The Morgan fingerprint density at radius 3 is 2.60 bits per heavy atom. The molecule has 0 aliphatic rings. The summed E-state index contributed by atoms with van der Waals surface area (Å²) in [5.74, 6) is -0.963. The summed E-state index contributed by atoms with van der Waals surface area (Å²) in [6.07, 6.45) is 0.423. The summed E-state index contributed by atoms with van der Waals surface area (Å²) in [4.78, 5) is 12.8. The van der Waals surface area contributed by atoms with E-state index >= 15 is 0 Å². The second-order valence-corrected chi connectivity index (χ2v) is 4.26. The van der Waals surface area contributed by atoms with Gasteiger partial charge in [-0.2, -0.15) is 0 Å². The number of hydrogen-bond acceptors (Lipinski definition) is 4. The van der Waals surface area contributed by atoms with Crippen LogP contribution in [0, 0.1) is 0 Å². The number of ether oxygens (including phenoxy) is 1. The molecule has 0 saturated carbocycles. The average Bonchev–Trinajstić information content (AvgIpc) is 2.14. The van der Waals surface area contributed by atoms with Crippen LogP contribution in [0.4, 0.5) is 0 Å². The zero-order chi connectivity index (χ0) is 12.1. The van der Waals surface area contributed by atoms with Gasteiger partial charge >= 0.3 is 5.97 Å². The lowest BCUT2D eigenvalue weighted by Gasteiger charge is -2.27. The first kappa shape index (κ1) is 14.3. The molecule has 0 fully saturated rings. The van der Waals surface area contributed by atoms with Crippen molar-refractivity contribution in [2.75, 3.05) is 27.3 Å². The van der Waals surface area contributed by atoms with Gasteiger partial charge < -0.3 is 20.5 Å². The summed E-state index contributed by atoms with van der Waals surface area (Å²) in [5, 5.41) is 8.83. The Bertz CT molecular complexity index is 207. The number of nitrogens with two attached hydrogens (primary N) is 1. The molecule has 0 aliphatic heterocycles. The molecule has 15 heavy (non-hydrogen) atoms. The van der Waals surface area contributed by atoms with Gasteiger partial charge in [-0.3, -0.25) is 4.79 Å². The van der Waals surface area contributed by atoms with E-state index in [9.17, 15) is 4.79 Å². The fraction of sp³-hybridized carbons (Fsp3) is 0.900. The lowest BCUT2D eigenvalue weighted by atomic mass is 9.99. The van der Waals surface area contributed by atoms with Crippen LogP contribution < -0.4 is 5.73 Å². The Kier molecular flexibility index (Phi) is 5.79. The third-order valence-electron chi connectivity index (χ3n) is 2.63. The van der Waals surface area contributed by atoms with Crippen molar-refractivity contribution >= 4 is 5.97 Å². The highest BCUT2D eigenvalue weighted by Gasteiger charge is 2.28. The molecule has 5 heteroatoms. The molecule has 3 N–H and O–H groups in total. The monoisotopic (exact) mass is 218 g/mol. The minimum atomic E-state index is -1.15. The lowest BCUT2D eigenvalue weighted by Crippen LogP contribution is -2.48. The standard InChI is InChI=1S/C10H22N2O3/c1-8(7-15-4)12(3)6-5-10(2,11)9(13)14/h8H,5-7,11H2,1-4H3,(H,13,14). The minimum Gasteiger partial charge on any atom is -0.480 e. The van der Waals surface area contributed by atoms with Gasteiger partial charge in [-0.05, 0) is 27.3 Å². The van der Waals surface area contributed by atoms with Crippen LogP contribution in [0.3, 0.4) is 0 Å². The van der Waals surface area contributed by atoms with Crippen molar-refractivity contribution < 1.29 is 14.6 Å². The maximum atomic E-state index is 10.8. The highest BCUT2D eigenvalue weighted by atomic mass is 16.5. The average molecular weight is 218 g/mol. The molecule has 0 aromatic rings. The summed E-state index contributed by atoms with van der Waals surface area (Å²) in [5.41, 5.74) is 4.47. The van der Waals surface area contributed by atoms with E-state index in [1.165, 1.54) is 6.92 Å². The number of carboxylic acid groups (broad SMARTS) is 1. The maximum Gasteiger partial charge on any atom is 0.323 e. The smallest absolute Gasteiger partial charge is 0.323 e. The summed E-state index contributed by atoms with van der Waals surface area (Å²) in [6.45, 7) is 4.83. The van der Waals surface area contributed by atoms with E-state index in [0.29, 0.717) is 19.6 Å². The summed E-state index contributed by atoms with van der Waals surface area (Å²) >= 11 is 0. The second-order valence-electron chi connectivity index (χ2n) is 4.26. The van der Waals surface area contributed by atoms with Crippen molar-refractivity contribution in [2.45, 2.75) is 31.8 Å². The van der Waals surface area contributed by atoms with E-state index in [4.69, 9.17) is 15.6 Å². The zero-order valence-corrected chi connectivity index (χ0v) is 9.99. The summed E-state index contributed by atoms with van der Waals surface area (Å²) in [7, 11) is 3.58. The Hall–Kier alpha value is -0.650. The third-order valence-corrected chi connectivity index (χ3v) is 2.63. The quantitative estimate of drug-likeness (QED) is 0.636. The fourth-order valence-corrected chi connectivity index (χ4v) is 1.10. The van der Waals surface area contributed by atoms with Crippen molar-refractivity contribution in [3.8, 4) is 0 Å². The van der Waals surface area contributed by atoms with Crippen molar-refractivity contribution in [1.29, 1.82) is 0 Å². The van der Waals surface area contributed by atoms with Crippen LogP contribution in [0.15, 0.2) is 0 Å². The molecule has 5 nitrogen and oxygen atoms in total. The SMILES string of the molecule is COCC(C)N(C)CCC(C)(N)C(=O)O. The predicted octanol–water partition coefficient (Wildman–Crippen LogP) is 0.145. The molecule has 2 atom stereocenters. The van der Waals surface area contributed by atoms with Crippen LogP contribution in [-0.2, 0) is 9.53 Å². The predicted molar refractivity (Wildman–Crippen MR) is 58.8 cm³/mol. The lowest BCUT2D eigenvalue weighted by molar-refractivity contribution is -0.143. The molecule has 0 bridgehead atoms. The normalized spacial score (nSPS) is 17.5. The van der Waals surface area contributed by atoms with Gasteiger partial charge in [-0.25, -0.2) is 0 Å². The summed E-state index contributed by atoms with van der Waals surface area (Å²) < 4.78 is 5.01. The highest BCUT2D eigenvalue weighted by Crippen LogP contribution is 2.08. The van der Waals surface area contributed by atoms with Crippen LogP contribution >= 0.6 is 0 Å². The van der Waals surface area contributed by atoms with Gasteiger partial charge in [0.15, 0.2) is 0 Å². The van der Waals surface area contributed by atoms with Crippen LogP contribution in [0.1, 0.15) is 20.3 Å². The molecule has 0 spiro atoms. The molecular weight excluding hydrogens is 196 g/mol. The first-order chi connectivity index (χ1) is 6.81. The molecule has 0 aromatic heterocycles. The fourth-order valence-electron chi connectivity index (χ4n) is 1.10. The molecule has 0 radical (unpaired) electrons. The van der Waals surface area contributed by atoms with Crippen LogP contribution in [0.5, 0.6) is 0 Å². The van der Waals surface area contributed by atoms with Gasteiger partial charge in [0, 0.05) is 19.7 Å². The van der Waals surface area contributed by atoms with Crippen molar-refractivity contribution in [1.82, 2.24) is 4.90 Å². The van der Waals surface area contributed by atoms with Gasteiger partial charge in [0.05, 0.1) is 6.61 Å². The Morgan fingerprint density at radius 1 is 1.67 bits per heavy atom. The molecule has 2 unspecified atom stereocenters. The highest BCUT2D eigenvalue weighted by molar-refractivity contribution is 5.77. The van der Waals surface area contributed by atoms with Crippen LogP contribution in [0.2, 0.25) is 0 Å². The number of likely N-dealkylation sites (N-methyl/N-ethyl adjacent to an activating group) is 1. The number of rotatable bonds is 7. The molecular formula is C10H22N2O3. The van der Waals surface area contributed by atoms with E-state index in [2.05, 4.69) is 0 Å². The molecule has 90 valence electrons. The van der Waals surface area contributed by atoms with Gasteiger partial charge in [0.25, 0.3) is 0 Å². The Labute approximate surface area is 91.2 Å². The first-order valence-electron chi connectivity index (χ1n) is 5.02. The third kappa shape index (κ3) is 5.11. The minimum absolute atomic E-state index is 0.264. The molecule has 0 amide bonds. The van der Waals surface area contributed by atoms with Gasteiger partial charge in [0.2, 0.25) is 0 Å². The van der Waals surface area contributed by atoms with Crippen molar-refractivity contribution in [3.05, 3.63) is 0 Å². The molecule has 0 saturated heterocycles. The Morgan fingerprint density at radius 2 is 2.20 bits per heavy atom. The molecule has 0 rings (SSSR count). The largest absolute Gasteiger partial charge is 0.480 e. The number of carbonyl (C=O) groups is 1. The summed E-state index contributed by atoms with van der Waals surface area (Å²) in [6, 6.07) is 0.264. The van der Waals surface area contributed by atoms with Gasteiger partial charge in [-0.1, -0.05) is 0 Å². The molecule has 0 aliphatic carbocycles. The topological polar surface area (TPSA) is 75.8 Å².